The zero-order valence-electron chi connectivity index (χ0n) is 16.5. The molecular weight excluding hydrogens is 316 g/mol. The maximum atomic E-state index is 13.6. The van der Waals surface area contributed by atoms with Gasteiger partial charge in [0.05, 0.1) is 6.04 Å². The molecule has 0 aliphatic carbocycles. The number of amides is 2. The van der Waals surface area contributed by atoms with Crippen molar-refractivity contribution in [2.75, 3.05) is 6.54 Å². The summed E-state index contributed by atoms with van der Waals surface area (Å²) in [7, 11) is 0. The van der Waals surface area contributed by atoms with E-state index in [2.05, 4.69) is 31.7 Å². The summed E-state index contributed by atoms with van der Waals surface area (Å²) in [5, 5.41) is 0. The van der Waals surface area contributed by atoms with E-state index < -0.39 is 11.1 Å². The molecule has 25 heavy (non-hydrogen) atoms. The van der Waals surface area contributed by atoms with E-state index in [-0.39, 0.29) is 29.5 Å². The molecule has 0 unspecified atom stereocenters. The van der Waals surface area contributed by atoms with Gasteiger partial charge in [0.1, 0.15) is 11.1 Å². The van der Waals surface area contributed by atoms with Gasteiger partial charge in [0, 0.05) is 12.6 Å². The van der Waals surface area contributed by atoms with Crippen molar-refractivity contribution < 1.29 is 14.3 Å². The number of fused-ring (bicyclic) bond motifs is 1. The molecule has 0 aromatic rings. The van der Waals surface area contributed by atoms with Gasteiger partial charge in [-0.15, -0.1) is 0 Å². The van der Waals surface area contributed by atoms with Crippen LogP contribution in [-0.4, -0.2) is 51.6 Å². The third-order valence-electron chi connectivity index (χ3n) is 5.66. The molecule has 0 N–H and O–H groups in total. The van der Waals surface area contributed by atoms with Gasteiger partial charge in [-0.1, -0.05) is 32.9 Å². The van der Waals surface area contributed by atoms with Crippen LogP contribution in [0.4, 0.5) is 4.79 Å². The number of carbonyl (C=O) groups is 2. The Bertz CT molecular complexity index is 599. The van der Waals surface area contributed by atoms with E-state index in [9.17, 15) is 9.59 Å². The van der Waals surface area contributed by atoms with Gasteiger partial charge in [-0.3, -0.25) is 9.69 Å². The molecule has 3 rings (SSSR count). The van der Waals surface area contributed by atoms with Crippen LogP contribution in [-0.2, 0) is 9.53 Å². The summed E-state index contributed by atoms with van der Waals surface area (Å²) in [6.07, 6.45) is 7.29. The van der Waals surface area contributed by atoms with Crippen LogP contribution in [0.1, 0.15) is 67.2 Å². The highest BCUT2D eigenvalue weighted by molar-refractivity contribution is 5.94. The van der Waals surface area contributed by atoms with E-state index in [1.54, 1.807) is 4.90 Å². The Hall–Kier alpha value is -1.52. The Morgan fingerprint density at radius 2 is 1.88 bits per heavy atom. The van der Waals surface area contributed by atoms with Gasteiger partial charge in [-0.05, 0) is 51.9 Å². The van der Waals surface area contributed by atoms with Crippen LogP contribution in [0.15, 0.2) is 12.2 Å². The third-order valence-corrected chi connectivity index (χ3v) is 5.66. The van der Waals surface area contributed by atoms with Crippen LogP contribution in [0.5, 0.6) is 0 Å². The Balaban J connectivity index is 1.92. The van der Waals surface area contributed by atoms with Crippen molar-refractivity contribution >= 4 is 12.0 Å². The van der Waals surface area contributed by atoms with Gasteiger partial charge in [-0.2, -0.15) is 0 Å². The molecule has 2 fully saturated rings. The lowest BCUT2D eigenvalue weighted by Crippen LogP contribution is -2.63. The van der Waals surface area contributed by atoms with Gasteiger partial charge in [0.2, 0.25) is 0 Å². The van der Waals surface area contributed by atoms with E-state index >= 15 is 0 Å². The summed E-state index contributed by atoms with van der Waals surface area (Å²) >= 11 is 0. The number of carbonyl (C=O) groups excluding carboxylic acids is 2. The number of ether oxygens (including phenoxy) is 1. The Morgan fingerprint density at radius 1 is 1.20 bits per heavy atom. The van der Waals surface area contributed by atoms with Crippen molar-refractivity contribution in [3.8, 4) is 0 Å². The Kier molecular flexibility index (Phi) is 4.20. The van der Waals surface area contributed by atoms with Crippen molar-refractivity contribution in [1.29, 1.82) is 0 Å². The van der Waals surface area contributed by atoms with E-state index in [0.717, 1.165) is 19.3 Å². The number of hydrogen-bond acceptors (Lipinski definition) is 3. The number of nitrogens with zero attached hydrogens (tertiary/aromatic N) is 2. The first-order valence-corrected chi connectivity index (χ1v) is 9.48. The minimum absolute atomic E-state index is 0.0339. The van der Waals surface area contributed by atoms with Crippen LogP contribution in [0, 0.1) is 5.41 Å². The molecule has 3 aliphatic heterocycles. The van der Waals surface area contributed by atoms with Crippen molar-refractivity contribution in [2.45, 2.75) is 90.4 Å². The molecule has 0 bridgehead atoms. The van der Waals surface area contributed by atoms with Crippen molar-refractivity contribution in [3.63, 3.8) is 0 Å². The van der Waals surface area contributed by atoms with Gasteiger partial charge < -0.3 is 9.64 Å². The first kappa shape index (κ1) is 18.3. The van der Waals surface area contributed by atoms with E-state index in [1.165, 1.54) is 0 Å². The molecule has 1 spiro atoms. The predicted octanol–water partition coefficient (Wildman–Crippen LogP) is 3.73. The fraction of sp³-hybridized carbons (Fsp3) is 0.800. The Labute approximate surface area is 151 Å². The molecule has 0 aromatic heterocycles. The monoisotopic (exact) mass is 348 g/mol. The SMILES string of the molecule is CC(C)(C)OC(=O)N1CCC[C@]12C=C[C@@H]1CC[C@H](C(C)(C)C)N1C2=O. The quantitative estimate of drug-likeness (QED) is 0.627. The molecule has 5 nitrogen and oxygen atoms in total. The maximum Gasteiger partial charge on any atom is 0.411 e. The van der Waals surface area contributed by atoms with Crippen LogP contribution in [0.2, 0.25) is 0 Å². The highest BCUT2D eigenvalue weighted by Gasteiger charge is 2.57. The molecule has 0 saturated carbocycles. The third kappa shape index (κ3) is 3.06. The molecule has 140 valence electrons. The fourth-order valence-electron chi connectivity index (χ4n) is 4.54. The van der Waals surface area contributed by atoms with Crippen LogP contribution >= 0.6 is 0 Å². The summed E-state index contributed by atoms with van der Waals surface area (Å²) in [5.74, 6) is 0.0841. The van der Waals surface area contributed by atoms with E-state index in [0.29, 0.717) is 13.0 Å². The maximum absolute atomic E-state index is 13.6. The lowest BCUT2D eigenvalue weighted by Gasteiger charge is -2.46. The summed E-state index contributed by atoms with van der Waals surface area (Å²) in [6, 6.07) is 0.386. The molecule has 5 heteroatoms. The minimum atomic E-state index is -0.854. The van der Waals surface area contributed by atoms with Crippen molar-refractivity contribution in [3.05, 3.63) is 12.2 Å². The highest BCUT2D eigenvalue weighted by atomic mass is 16.6. The summed E-state index contributed by atoms with van der Waals surface area (Å²) in [6.45, 7) is 12.7. The molecule has 2 amide bonds. The van der Waals surface area contributed by atoms with Gasteiger partial charge in [0.15, 0.2) is 0 Å². The Morgan fingerprint density at radius 3 is 2.48 bits per heavy atom. The molecule has 0 radical (unpaired) electrons. The van der Waals surface area contributed by atoms with Crippen molar-refractivity contribution in [1.82, 2.24) is 9.80 Å². The van der Waals surface area contributed by atoms with Crippen molar-refractivity contribution in [2.24, 2.45) is 5.41 Å². The highest BCUT2D eigenvalue weighted by Crippen LogP contribution is 2.44. The zero-order chi connectivity index (χ0) is 18.6. The average Bonchev–Trinajstić information content (AvgIpc) is 3.06. The molecule has 3 heterocycles. The lowest BCUT2D eigenvalue weighted by molar-refractivity contribution is -0.145. The second-order valence-corrected chi connectivity index (χ2v) is 9.76. The normalized spacial score (nSPS) is 32.5. The second kappa shape index (κ2) is 5.75. The summed E-state index contributed by atoms with van der Waals surface area (Å²) < 4.78 is 5.59. The van der Waals surface area contributed by atoms with Gasteiger partial charge >= 0.3 is 6.09 Å². The molecule has 0 aromatic carbocycles. The zero-order valence-corrected chi connectivity index (χ0v) is 16.5. The summed E-state index contributed by atoms with van der Waals surface area (Å²) in [4.78, 5) is 30.1. The first-order chi connectivity index (χ1) is 11.5. The minimum Gasteiger partial charge on any atom is -0.444 e. The van der Waals surface area contributed by atoms with E-state index in [1.807, 2.05) is 26.8 Å². The second-order valence-electron chi connectivity index (χ2n) is 9.76. The number of rotatable bonds is 0. The van der Waals surface area contributed by atoms with Gasteiger partial charge in [0.25, 0.3) is 5.91 Å². The average molecular weight is 348 g/mol. The molecular formula is C20H32N2O3. The lowest BCUT2D eigenvalue weighted by atomic mass is 9.83. The fourth-order valence-corrected chi connectivity index (χ4v) is 4.54. The smallest absolute Gasteiger partial charge is 0.411 e. The number of likely N-dealkylation sites (tertiary alicyclic amines) is 1. The topological polar surface area (TPSA) is 49.9 Å². The molecule has 3 atom stereocenters. The largest absolute Gasteiger partial charge is 0.444 e. The predicted molar refractivity (Wildman–Crippen MR) is 97.2 cm³/mol. The van der Waals surface area contributed by atoms with E-state index in [4.69, 9.17) is 4.74 Å². The standard InChI is InChI=1S/C20H32N2O3/c1-18(2,3)15-9-8-14-10-12-20(16(23)22(14)15)11-7-13-21(20)17(24)25-19(4,5)6/h10,12,14-15H,7-9,11,13H2,1-6H3/t14-,15+,20+/m0/s1. The molecule has 3 aliphatic rings. The summed E-state index contributed by atoms with van der Waals surface area (Å²) in [5.41, 5.74) is -1.38. The van der Waals surface area contributed by atoms with Crippen LogP contribution in [0.3, 0.4) is 0 Å². The van der Waals surface area contributed by atoms with Crippen LogP contribution < -0.4 is 0 Å². The molecule has 2 saturated heterocycles. The number of hydrogen-bond donors (Lipinski definition) is 0. The van der Waals surface area contributed by atoms with Crippen LogP contribution in [0.25, 0.3) is 0 Å². The van der Waals surface area contributed by atoms with Gasteiger partial charge in [-0.25, -0.2) is 4.79 Å². The first-order valence-electron chi connectivity index (χ1n) is 9.48.